The van der Waals surface area contributed by atoms with E-state index in [4.69, 9.17) is 0 Å². The summed E-state index contributed by atoms with van der Waals surface area (Å²) in [7, 11) is 1.78. The third kappa shape index (κ3) is 3.38. The average Bonchev–Trinajstić information content (AvgIpc) is 3.15. The number of aryl methyl sites for hydroxylation is 1. The standard InChI is InChI=1S/C21H21N5O2/c1-13(17-12-24-21-16(17)4-3-9-22-21)26(2)19(28)8-5-14-10-15-6-7-18(27)25-20(15)23-11-14/h3-5,8-13H,6-7H2,1-2H3,(H,22,24)(H,23,25,27). The largest absolute Gasteiger partial charge is 0.346 e. The molecule has 142 valence electrons. The lowest BCUT2D eigenvalue weighted by Gasteiger charge is -2.23. The van der Waals surface area contributed by atoms with Crippen LogP contribution in [0.25, 0.3) is 17.1 Å². The highest BCUT2D eigenvalue weighted by molar-refractivity contribution is 5.94. The number of hydrogen-bond donors (Lipinski definition) is 2. The Bertz CT molecular complexity index is 1090. The number of carbonyl (C=O) groups excluding carboxylic acids is 2. The number of fused-ring (bicyclic) bond motifs is 2. The van der Waals surface area contributed by atoms with Crippen LogP contribution >= 0.6 is 0 Å². The molecule has 1 unspecified atom stereocenters. The van der Waals surface area contributed by atoms with Crippen LogP contribution in [0, 0.1) is 0 Å². The summed E-state index contributed by atoms with van der Waals surface area (Å²) in [4.78, 5) is 37.5. The van der Waals surface area contributed by atoms with Gasteiger partial charge in [0, 0.05) is 49.1 Å². The van der Waals surface area contributed by atoms with E-state index in [-0.39, 0.29) is 17.9 Å². The number of amides is 2. The third-order valence-electron chi connectivity index (χ3n) is 5.15. The zero-order valence-electron chi connectivity index (χ0n) is 15.8. The lowest BCUT2D eigenvalue weighted by molar-refractivity contribution is -0.126. The van der Waals surface area contributed by atoms with Crippen molar-refractivity contribution in [3.05, 3.63) is 59.6 Å². The molecule has 7 nitrogen and oxygen atoms in total. The monoisotopic (exact) mass is 375 g/mol. The summed E-state index contributed by atoms with van der Waals surface area (Å²) in [6, 6.07) is 5.74. The number of carbonyl (C=O) groups is 2. The predicted octanol–water partition coefficient (Wildman–Crippen LogP) is 3.08. The fourth-order valence-corrected chi connectivity index (χ4v) is 3.37. The number of H-pyrrole nitrogens is 1. The topological polar surface area (TPSA) is 91.0 Å². The molecule has 4 heterocycles. The Morgan fingerprint density at radius 2 is 2.18 bits per heavy atom. The van der Waals surface area contributed by atoms with Gasteiger partial charge in [-0.3, -0.25) is 9.59 Å². The molecule has 0 saturated heterocycles. The molecule has 0 bridgehead atoms. The minimum absolute atomic E-state index is 0.0124. The van der Waals surface area contributed by atoms with Crippen LogP contribution in [-0.2, 0) is 16.0 Å². The Labute approximate surface area is 162 Å². The molecule has 0 aliphatic carbocycles. The first-order chi connectivity index (χ1) is 13.5. The number of nitrogens with zero attached hydrogens (tertiary/aromatic N) is 3. The van der Waals surface area contributed by atoms with Crippen molar-refractivity contribution in [1.29, 1.82) is 0 Å². The van der Waals surface area contributed by atoms with E-state index in [1.165, 1.54) is 0 Å². The van der Waals surface area contributed by atoms with E-state index in [1.807, 2.05) is 31.3 Å². The average molecular weight is 375 g/mol. The highest BCUT2D eigenvalue weighted by Gasteiger charge is 2.19. The van der Waals surface area contributed by atoms with E-state index in [0.717, 1.165) is 27.7 Å². The SMILES string of the molecule is CC(c1c[nH]c2ncccc12)N(C)C(=O)C=Cc1cnc2c(c1)CCC(=O)N2. The normalized spacial score (nSPS) is 14.7. The maximum absolute atomic E-state index is 12.7. The van der Waals surface area contributed by atoms with Gasteiger partial charge in [-0.15, -0.1) is 0 Å². The molecule has 2 amide bonds. The van der Waals surface area contributed by atoms with Crippen LogP contribution in [-0.4, -0.2) is 38.7 Å². The number of likely N-dealkylation sites (N-methyl/N-ethyl adjacent to an activating group) is 1. The molecule has 4 rings (SSSR count). The third-order valence-corrected chi connectivity index (χ3v) is 5.15. The summed E-state index contributed by atoms with van der Waals surface area (Å²) >= 11 is 0. The quantitative estimate of drug-likeness (QED) is 0.686. The minimum atomic E-state index is -0.105. The molecule has 3 aromatic heterocycles. The van der Waals surface area contributed by atoms with Crippen LogP contribution in [0.1, 0.15) is 36.1 Å². The second-order valence-electron chi connectivity index (χ2n) is 6.93. The van der Waals surface area contributed by atoms with Gasteiger partial charge in [-0.2, -0.15) is 0 Å². The van der Waals surface area contributed by atoms with Crippen molar-refractivity contribution in [3.8, 4) is 0 Å². The number of pyridine rings is 2. The van der Waals surface area contributed by atoms with Crippen LogP contribution in [0.15, 0.2) is 42.9 Å². The molecule has 0 aromatic carbocycles. The molecular weight excluding hydrogens is 354 g/mol. The Morgan fingerprint density at radius 1 is 1.32 bits per heavy atom. The summed E-state index contributed by atoms with van der Waals surface area (Å²) in [6.07, 6.45) is 9.72. The van der Waals surface area contributed by atoms with Crippen molar-refractivity contribution in [2.45, 2.75) is 25.8 Å². The molecule has 1 aliphatic heterocycles. The highest BCUT2D eigenvalue weighted by atomic mass is 16.2. The van der Waals surface area contributed by atoms with Crippen LogP contribution in [0.3, 0.4) is 0 Å². The zero-order valence-corrected chi connectivity index (χ0v) is 15.8. The number of anilines is 1. The summed E-state index contributed by atoms with van der Waals surface area (Å²) < 4.78 is 0. The number of hydrogen-bond acceptors (Lipinski definition) is 4. The molecule has 1 atom stereocenters. The molecule has 3 aromatic rings. The number of aromatic amines is 1. The number of rotatable bonds is 4. The van der Waals surface area contributed by atoms with E-state index in [1.54, 1.807) is 36.5 Å². The Morgan fingerprint density at radius 3 is 3.04 bits per heavy atom. The van der Waals surface area contributed by atoms with Gasteiger partial charge in [0.15, 0.2) is 0 Å². The molecule has 2 N–H and O–H groups in total. The molecular formula is C21H21N5O2. The van der Waals surface area contributed by atoms with Gasteiger partial charge in [-0.1, -0.05) is 0 Å². The second-order valence-corrected chi connectivity index (χ2v) is 6.93. The molecule has 0 fully saturated rings. The summed E-state index contributed by atoms with van der Waals surface area (Å²) in [5.41, 5.74) is 3.66. The first kappa shape index (κ1) is 17.9. The fraction of sp³-hybridized carbons (Fsp3) is 0.238. The van der Waals surface area contributed by atoms with Gasteiger partial charge in [-0.05, 0) is 48.7 Å². The van der Waals surface area contributed by atoms with E-state index >= 15 is 0 Å². The molecule has 0 saturated carbocycles. The van der Waals surface area contributed by atoms with Crippen molar-refractivity contribution < 1.29 is 9.59 Å². The first-order valence-electron chi connectivity index (χ1n) is 9.18. The minimum Gasteiger partial charge on any atom is -0.346 e. The van der Waals surface area contributed by atoms with E-state index < -0.39 is 0 Å². The summed E-state index contributed by atoms with van der Waals surface area (Å²) in [6.45, 7) is 1.99. The number of nitrogens with one attached hydrogen (secondary N) is 2. The van der Waals surface area contributed by atoms with Gasteiger partial charge in [0.1, 0.15) is 11.5 Å². The van der Waals surface area contributed by atoms with Gasteiger partial charge in [-0.25, -0.2) is 9.97 Å². The Kier molecular flexibility index (Phi) is 4.65. The van der Waals surface area contributed by atoms with Gasteiger partial charge >= 0.3 is 0 Å². The van der Waals surface area contributed by atoms with E-state index in [9.17, 15) is 9.59 Å². The van der Waals surface area contributed by atoms with Crippen LogP contribution < -0.4 is 5.32 Å². The molecule has 0 spiro atoms. The van der Waals surface area contributed by atoms with Crippen molar-refractivity contribution >= 4 is 34.7 Å². The van der Waals surface area contributed by atoms with E-state index in [0.29, 0.717) is 18.7 Å². The van der Waals surface area contributed by atoms with Crippen molar-refractivity contribution in [2.75, 3.05) is 12.4 Å². The van der Waals surface area contributed by atoms with E-state index in [2.05, 4.69) is 20.3 Å². The first-order valence-corrected chi connectivity index (χ1v) is 9.18. The van der Waals surface area contributed by atoms with Gasteiger partial charge in [0.05, 0.1) is 6.04 Å². The molecule has 0 radical (unpaired) electrons. The van der Waals surface area contributed by atoms with Gasteiger partial charge in [0.25, 0.3) is 0 Å². The summed E-state index contributed by atoms with van der Waals surface area (Å²) in [5.74, 6) is 0.497. The smallest absolute Gasteiger partial charge is 0.246 e. The second kappa shape index (κ2) is 7.26. The molecule has 28 heavy (non-hydrogen) atoms. The van der Waals surface area contributed by atoms with Crippen molar-refractivity contribution in [3.63, 3.8) is 0 Å². The van der Waals surface area contributed by atoms with Crippen molar-refractivity contribution in [2.24, 2.45) is 0 Å². The predicted molar refractivity (Wildman–Crippen MR) is 108 cm³/mol. The van der Waals surface area contributed by atoms with Crippen LogP contribution in [0.4, 0.5) is 5.82 Å². The zero-order chi connectivity index (χ0) is 19.7. The molecule has 1 aliphatic rings. The lowest BCUT2D eigenvalue weighted by Crippen LogP contribution is -2.27. The van der Waals surface area contributed by atoms with Gasteiger partial charge < -0.3 is 15.2 Å². The Balaban J connectivity index is 1.49. The van der Waals surface area contributed by atoms with Crippen LogP contribution in [0.5, 0.6) is 0 Å². The van der Waals surface area contributed by atoms with Crippen LogP contribution in [0.2, 0.25) is 0 Å². The van der Waals surface area contributed by atoms with Gasteiger partial charge in [0.2, 0.25) is 11.8 Å². The lowest BCUT2D eigenvalue weighted by atomic mass is 10.0. The Hall–Kier alpha value is -3.48. The molecule has 7 heteroatoms. The highest BCUT2D eigenvalue weighted by Crippen LogP contribution is 2.26. The number of aromatic nitrogens is 3. The van der Waals surface area contributed by atoms with Crippen molar-refractivity contribution in [1.82, 2.24) is 19.9 Å². The maximum atomic E-state index is 12.7. The maximum Gasteiger partial charge on any atom is 0.246 e. The summed E-state index contributed by atoms with van der Waals surface area (Å²) in [5, 5.41) is 3.77. The fourth-order valence-electron chi connectivity index (χ4n) is 3.37.